The van der Waals surface area contributed by atoms with Crippen molar-refractivity contribution in [3.8, 4) is 0 Å². The van der Waals surface area contributed by atoms with Gasteiger partial charge in [-0.3, -0.25) is 9.67 Å². The van der Waals surface area contributed by atoms with E-state index in [9.17, 15) is 0 Å². The highest BCUT2D eigenvalue weighted by Gasteiger charge is 2.22. The summed E-state index contributed by atoms with van der Waals surface area (Å²) in [5, 5.41) is 11.3. The summed E-state index contributed by atoms with van der Waals surface area (Å²) in [7, 11) is 9.79. The van der Waals surface area contributed by atoms with E-state index < -0.39 is 0 Å². The van der Waals surface area contributed by atoms with Crippen LogP contribution in [-0.2, 0) is 20.6 Å². The minimum absolute atomic E-state index is 0.356. The number of hydrogen-bond donors (Lipinski definition) is 2. The number of guanidine groups is 1. The monoisotopic (exact) mass is 373 g/mol. The third-order valence-corrected chi connectivity index (χ3v) is 4.94. The molecule has 0 aromatic carbocycles. The Morgan fingerprint density at radius 1 is 1.33 bits per heavy atom. The summed E-state index contributed by atoms with van der Waals surface area (Å²) < 4.78 is 3.94. The van der Waals surface area contributed by atoms with Crippen molar-refractivity contribution in [1.82, 2.24) is 30.0 Å². The number of imidazole rings is 1. The number of nitrogens with one attached hydrogen (secondary N) is 2. The first kappa shape index (κ1) is 19.1. The molecule has 0 bridgehead atoms. The molecule has 1 unspecified atom stereocenters. The zero-order valence-electron chi connectivity index (χ0n) is 17.0. The third-order valence-electron chi connectivity index (χ3n) is 4.94. The van der Waals surface area contributed by atoms with E-state index in [1.54, 1.807) is 0 Å². The van der Waals surface area contributed by atoms with Gasteiger partial charge in [0.05, 0.1) is 30.3 Å². The van der Waals surface area contributed by atoms with Gasteiger partial charge in [-0.1, -0.05) is 0 Å². The van der Waals surface area contributed by atoms with Crippen molar-refractivity contribution >= 4 is 17.6 Å². The van der Waals surface area contributed by atoms with Crippen LogP contribution in [-0.4, -0.2) is 65.6 Å². The Morgan fingerprint density at radius 3 is 2.78 bits per heavy atom. The lowest BCUT2D eigenvalue weighted by atomic mass is 10.1. The maximum atomic E-state index is 4.45. The molecule has 3 heterocycles. The summed E-state index contributed by atoms with van der Waals surface area (Å²) in [5.41, 5.74) is 2.29. The zero-order chi connectivity index (χ0) is 19.4. The highest BCUT2D eigenvalue weighted by molar-refractivity contribution is 5.80. The molecule has 148 valence electrons. The Balaban J connectivity index is 1.55. The highest BCUT2D eigenvalue weighted by Crippen LogP contribution is 2.19. The molecular formula is C18H31N9. The first-order valence-electron chi connectivity index (χ1n) is 9.36. The van der Waals surface area contributed by atoms with E-state index in [4.69, 9.17) is 0 Å². The maximum Gasteiger partial charge on any atom is 0.204 e. The van der Waals surface area contributed by atoms with Crippen LogP contribution in [0.15, 0.2) is 23.6 Å². The average molecular weight is 374 g/mol. The number of hydrogen-bond acceptors (Lipinski definition) is 5. The summed E-state index contributed by atoms with van der Waals surface area (Å²) in [4.78, 5) is 13.2. The molecule has 1 fully saturated rings. The van der Waals surface area contributed by atoms with Crippen LogP contribution in [0, 0.1) is 0 Å². The lowest BCUT2D eigenvalue weighted by Crippen LogP contribution is -2.51. The van der Waals surface area contributed by atoms with Crippen molar-refractivity contribution in [3.63, 3.8) is 0 Å². The number of anilines is 2. The zero-order valence-corrected chi connectivity index (χ0v) is 17.0. The number of aromatic nitrogens is 4. The minimum atomic E-state index is 0.356. The first-order chi connectivity index (χ1) is 13.0. The Bertz CT molecular complexity index is 774. The van der Waals surface area contributed by atoms with Gasteiger partial charge in [-0.15, -0.1) is 0 Å². The van der Waals surface area contributed by atoms with Crippen molar-refractivity contribution < 1.29 is 0 Å². The van der Waals surface area contributed by atoms with Crippen molar-refractivity contribution in [2.75, 3.05) is 44.0 Å². The predicted molar refractivity (Wildman–Crippen MR) is 109 cm³/mol. The molecule has 1 aliphatic rings. The molecule has 9 heteroatoms. The van der Waals surface area contributed by atoms with Gasteiger partial charge in [-0.2, -0.15) is 5.10 Å². The third kappa shape index (κ3) is 4.53. The molecule has 0 spiro atoms. The van der Waals surface area contributed by atoms with Gasteiger partial charge in [0.1, 0.15) is 0 Å². The van der Waals surface area contributed by atoms with Crippen LogP contribution in [0.2, 0.25) is 0 Å². The highest BCUT2D eigenvalue weighted by atomic mass is 15.3. The van der Waals surface area contributed by atoms with Crippen molar-refractivity contribution in [3.05, 3.63) is 24.3 Å². The second kappa shape index (κ2) is 8.32. The van der Waals surface area contributed by atoms with Crippen molar-refractivity contribution in [1.29, 1.82) is 0 Å². The molecule has 0 amide bonds. The number of nitrogens with zero attached hydrogens (tertiary/aromatic N) is 7. The maximum absolute atomic E-state index is 4.45. The largest absolute Gasteiger partial charge is 0.367 e. The molecule has 1 atom stereocenters. The fourth-order valence-electron chi connectivity index (χ4n) is 3.48. The van der Waals surface area contributed by atoms with E-state index in [1.165, 1.54) is 5.69 Å². The van der Waals surface area contributed by atoms with Gasteiger partial charge >= 0.3 is 0 Å². The molecule has 2 aromatic heterocycles. The number of rotatable bonds is 5. The molecule has 2 N–H and O–H groups in total. The van der Waals surface area contributed by atoms with E-state index in [1.807, 2.05) is 57.2 Å². The van der Waals surface area contributed by atoms with Gasteiger partial charge in [0.2, 0.25) is 5.95 Å². The lowest BCUT2D eigenvalue weighted by Gasteiger charge is -2.34. The minimum Gasteiger partial charge on any atom is -0.367 e. The Hall–Kier alpha value is -2.71. The molecule has 1 aliphatic heterocycles. The second-order valence-corrected chi connectivity index (χ2v) is 7.23. The van der Waals surface area contributed by atoms with Gasteiger partial charge in [-0.25, -0.2) is 4.98 Å². The smallest absolute Gasteiger partial charge is 0.204 e. The molecule has 3 rings (SSSR count). The lowest BCUT2D eigenvalue weighted by molar-refractivity contribution is 0.467. The first-order valence-corrected chi connectivity index (χ1v) is 9.36. The quantitative estimate of drug-likeness (QED) is 0.589. The summed E-state index contributed by atoms with van der Waals surface area (Å²) in [5.74, 6) is 1.76. The van der Waals surface area contributed by atoms with Gasteiger partial charge in [0.25, 0.3) is 0 Å². The molecule has 2 aromatic rings. The molecule has 0 saturated carbocycles. The van der Waals surface area contributed by atoms with Crippen LogP contribution >= 0.6 is 0 Å². The fraction of sp³-hybridized carbons (Fsp3) is 0.611. The van der Waals surface area contributed by atoms with Crippen LogP contribution in [0.3, 0.4) is 0 Å². The van der Waals surface area contributed by atoms with Crippen LogP contribution in [0.1, 0.15) is 18.5 Å². The molecule has 0 radical (unpaired) electrons. The summed E-state index contributed by atoms with van der Waals surface area (Å²) in [6.45, 7) is 2.69. The molecule has 9 nitrogen and oxygen atoms in total. The Labute approximate surface area is 161 Å². The fourth-order valence-corrected chi connectivity index (χ4v) is 3.48. The molecule has 1 saturated heterocycles. The second-order valence-electron chi connectivity index (χ2n) is 7.23. The van der Waals surface area contributed by atoms with E-state index in [0.717, 1.165) is 43.5 Å². The van der Waals surface area contributed by atoms with Gasteiger partial charge < -0.3 is 25.0 Å². The van der Waals surface area contributed by atoms with Crippen LogP contribution in [0.25, 0.3) is 0 Å². The Kier molecular flexibility index (Phi) is 5.88. The van der Waals surface area contributed by atoms with Gasteiger partial charge in [0, 0.05) is 60.6 Å². The van der Waals surface area contributed by atoms with Crippen LogP contribution in [0.4, 0.5) is 11.6 Å². The number of aliphatic imine (C=N–C) groups is 1. The van der Waals surface area contributed by atoms with Gasteiger partial charge in [-0.05, 0) is 12.8 Å². The van der Waals surface area contributed by atoms with E-state index >= 15 is 0 Å². The number of aryl methyl sites for hydroxylation is 1. The predicted octanol–water partition coefficient (Wildman–Crippen LogP) is 0.554. The van der Waals surface area contributed by atoms with Gasteiger partial charge in [0.15, 0.2) is 5.96 Å². The average Bonchev–Trinajstić information content (AvgIpc) is 3.25. The van der Waals surface area contributed by atoms with E-state index in [0.29, 0.717) is 12.6 Å². The SMILES string of the molecule is CN=C(NCc1cnc(N(C)C)n1C)NC1CCCN(c2cnn(C)c2)C1. The summed E-state index contributed by atoms with van der Waals surface area (Å²) in [6, 6.07) is 0.356. The van der Waals surface area contributed by atoms with Crippen LogP contribution < -0.4 is 20.4 Å². The van der Waals surface area contributed by atoms with E-state index in [-0.39, 0.29) is 0 Å². The standard InChI is InChI=1S/C18H31N9/c1-19-17(20-9-15-10-21-18(24(2)3)26(15)5)23-14-7-6-8-27(12-14)16-11-22-25(4)13-16/h10-11,13-14H,6-9,12H2,1-5H3,(H2,19,20,23). The van der Waals surface area contributed by atoms with Crippen LogP contribution in [0.5, 0.6) is 0 Å². The normalized spacial score (nSPS) is 17.9. The number of piperidine rings is 1. The molecule has 0 aliphatic carbocycles. The molecule has 27 heavy (non-hydrogen) atoms. The topological polar surface area (TPSA) is 78.5 Å². The summed E-state index contributed by atoms with van der Waals surface area (Å²) in [6.07, 6.45) is 8.19. The van der Waals surface area contributed by atoms with Crippen molar-refractivity contribution in [2.45, 2.75) is 25.4 Å². The van der Waals surface area contributed by atoms with Crippen molar-refractivity contribution in [2.24, 2.45) is 19.1 Å². The Morgan fingerprint density at radius 2 is 2.15 bits per heavy atom. The van der Waals surface area contributed by atoms with E-state index in [2.05, 4.69) is 41.4 Å². The molecular weight excluding hydrogens is 342 g/mol. The summed E-state index contributed by atoms with van der Waals surface area (Å²) >= 11 is 0.